The summed E-state index contributed by atoms with van der Waals surface area (Å²) in [5, 5.41) is 6.82. The topological polar surface area (TPSA) is 109 Å². The summed E-state index contributed by atoms with van der Waals surface area (Å²) in [6.07, 6.45) is 1.74. The number of fused-ring (bicyclic) bond motifs is 1. The van der Waals surface area contributed by atoms with Gasteiger partial charge >= 0.3 is 6.09 Å². The van der Waals surface area contributed by atoms with Crippen molar-refractivity contribution in [3.05, 3.63) is 40.4 Å². The van der Waals surface area contributed by atoms with Gasteiger partial charge in [-0.25, -0.2) is 19.7 Å². The van der Waals surface area contributed by atoms with Crippen LogP contribution in [0.1, 0.15) is 42.7 Å². The van der Waals surface area contributed by atoms with Gasteiger partial charge in [0, 0.05) is 19.3 Å². The Bertz CT molecular complexity index is 1210. The number of anilines is 2. The highest BCUT2D eigenvalue weighted by Crippen LogP contribution is 2.38. The van der Waals surface area contributed by atoms with Crippen LogP contribution in [-0.4, -0.2) is 51.7 Å². The van der Waals surface area contributed by atoms with E-state index >= 15 is 0 Å². The molecule has 0 unspecified atom stereocenters. The second-order valence-electron chi connectivity index (χ2n) is 8.78. The van der Waals surface area contributed by atoms with Crippen LogP contribution in [0.2, 0.25) is 5.28 Å². The SMILES string of the molecule is Cc1nc2c(N3CC[C@@H](NC(=O)OC(C)(C)C)C3)c(NC(=O)c3ccnc(Cl)n3)ccc2s1. The molecule has 9 nitrogen and oxygen atoms in total. The smallest absolute Gasteiger partial charge is 0.407 e. The molecule has 3 heterocycles. The van der Waals surface area contributed by atoms with Gasteiger partial charge < -0.3 is 20.3 Å². The number of ether oxygens (including phenoxy) is 1. The number of halogens is 1. The maximum atomic E-state index is 12.8. The Morgan fingerprint density at radius 3 is 2.76 bits per heavy atom. The summed E-state index contributed by atoms with van der Waals surface area (Å²) in [7, 11) is 0. The van der Waals surface area contributed by atoms with E-state index in [-0.39, 0.29) is 17.0 Å². The summed E-state index contributed by atoms with van der Waals surface area (Å²) in [6, 6.07) is 5.23. The molecule has 33 heavy (non-hydrogen) atoms. The van der Waals surface area contributed by atoms with Crippen molar-refractivity contribution in [3.63, 3.8) is 0 Å². The van der Waals surface area contributed by atoms with Crippen LogP contribution in [0.3, 0.4) is 0 Å². The van der Waals surface area contributed by atoms with Crippen LogP contribution in [0.4, 0.5) is 16.2 Å². The molecule has 1 aliphatic rings. The van der Waals surface area contributed by atoms with Crippen molar-refractivity contribution < 1.29 is 14.3 Å². The fourth-order valence-corrected chi connectivity index (χ4v) is 4.69. The Morgan fingerprint density at radius 1 is 1.24 bits per heavy atom. The quantitative estimate of drug-likeness (QED) is 0.523. The summed E-state index contributed by atoms with van der Waals surface area (Å²) in [6.45, 7) is 8.71. The van der Waals surface area contributed by atoms with E-state index < -0.39 is 17.6 Å². The fraction of sp³-hybridized carbons (Fsp3) is 0.409. The average Bonchev–Trinajstić information content (AvgIpc) is 3.31. The first-order valence-corrected chi connectivity index (χ1v) is 11.7. The van der Waals surface area contributed by atoms with Crippen molar-refractivity contribution in [2.45, 2.75) is 45.8 Å². The first-order chi connectivity index (χ1) is 15.6. The van der Waals surface area contributed by atoms with E-state index in [2.05, 4.69) is 25.5 Å². The van der Waals surface area contributed by atoms with Crippen molar-refractivity contribution in [1.82, 2.24) is 20.3 Å². The minimum Gasteiger partial charge on any atom is -0.444 e. The number of nitrogens with zero attached hydrogens (tertiary/aromatic N) is 4. The van der Waals surface area contributed by atoms with Crippen LogP contribution < -0.4 is 15.5 Å². The number of rotatable bonds is 4. The van der Waals surface area contributed by atoms with Crippen LogP contribution in [0.25, 0.3) is 10.2 Å². The van der Waals surface area contributed by atoms with Crippen molar-refractivity contribution in [3.8, 4) is 0 Å². The van der Waals surface area contributed by atoms with Gasteiger partial charge in [-0.05, 0) is 63.9 Å². The molecule has 4 rings (SSSR count). The molecule has 1 atom stereocenters. The number of carbonyl (C=O) groups excluding carboxylic acids is 2. The van der Waals surface area contributed by atoms with Crippen molar-refractivity contribution in [1.29, 1.82) is 0 Å². The van der Waals surface area contributed by atoms with Crippen LogP contribution in [0.15, 0.2) is 24.4 Å². The zero-order chi connectivity index (χ0) is 23.8. The fourth-order valence-electron chi connectivity index (χ4n) is 3.72. The normalized spacial score (nSPS) is 16.2. The van der Waals surface area contributed by atoms with Crippen LogP contribution in [0, 0.1) is 6.92 Å². The molecule has 0 radical (unpaired) electrons. The third kappa shape index (κ3) is 5.51. The summed E-state index contributed by atoms with van der Waals surface area (Å²) in [5.74, 6) is -0.394. The van der Waals surface area contributed by atoms with Crippen molar-refractivity contribution in [2.24, 2.45) is 0 Å². The highest BCUT2D eigenvalue weighted by molar-refractivity contribution is 7.18. The van der Waals surface area contributed by atoms with Gasteiger partial charge in [0.25, 0.3) is 5.91 Å². The van der Waals surface area contributed by atoms with Crippen LogP contribution in [-0.2, 0) is 4.74 Å². The van der Waals surface area contributed by atoms with Crippen LogP contribution in [0.5, 0.6) is 0 Å². The monoisotopic (exact) mass is 488 g/mol. The van der Waals surface area contributed by atoms with E-state index in [0.29, 0.717) is 18.8 Å². The van der Waals surface area contributed by atoms with Gasteiger partial charge in [-0.3, -0.25) is 4.79 Å². The Hall–Kier alpha value is -2.98. The largest absolute Gasteiger partial charge is 0.444 e. The highest BCUT2D eigenvalue weighted by atomic mass is 35.5. The maximum Gasteiger partial charge on any atom is 0.407 e. The summed E-state index contributed by atoms with van der Waals surface area (Å²) in [5.41, 5.74) is 1.85. The Morgan fingerprint density at radius 2 is 2.03 bits per heavy atom. The number of amides is 2. The molecule has 2 aromatic heterocycles. The van der Waals surface area contributed by atoms with Crippen molar-refractivity contribution >= 4 is 56.5 Å². The highest BCUT2D eigenvalue weighted by Gasteiger charge is 2.29. The number of hydrogen-bond acceptors (Lipinski definition) is 8. The van der Waals surface area contributed by atoms with Gasteiger partial charge in [0.1, 0.15) is 16.8 Å². The number of nitrogens with one attached hydrogen (secondary N) is 2. The summed E-state index contributed by atoms with van der Waals surface area (Å²) in [4.78, 5) is 39.7. The number of benzene rings is 1. The van der Waals surface area contributed by atoms with Gasteiger partial charge in [-0.2, -0.15) is 0 Å². The van der Waals surface area contributed by atoms with Crippen molar-refractivity contribution in [2.75, 3.05) is 23.3 Å². The minimum absolute atomic E-state index is 0.00375. The standard InChI is InChI=1S/C22H25ClN6O3S/c1-12-25-17-16(33-12)6-5-14(27-19(30)15-7-9-24-20(23)28-15)18(17)29-10-8-13(11-29)26-21(31)32-22(2,3)4/h5-7,9,13H,8,10-11H2,1-4H3,(H,26,31)(H,27,30)/t13-/m1/s1. The molecule has 3 aromatic rings. The number of carbonyl (C=O) groups is 2. The number of alkyl carbamates (subject to hydrolysis) is 1. The van der Waals surface area contributed by atoms with Gasteiger partial charge in [0.05, 0.1) is 27.1 Å². The zero-order valence-electron chi connectivity index (χ0n) is 18.8. The first kappa shape index (κ1) is 23.2. The second-order valence-corrected chi connectivity index (χ2v) is 10.4. The molecule has 0 spiro atoms. The Balaban J connectivity index is 1.60. The minimum atomic E-state index is -0.562. The molecule has 0 aliphatic carbocycles. The molecular formula is C22H25ClN6O3S. The molecule has 174 valence electrons. The number of aromatic nitrogens is 3. The lowest BCUT2D eigenvalue weighted by molar-refractivity contribution is 0.0509. The van der Waals surface area contributed by atoms with Gasteiger partial charge in [-0.1, -0.05) is 0 Å². The van der Waals surface area contributed by atoms with E-state index in [9.17, 15) is 9.59 Å². The molecule has 11 heteroatoms. The lowest BCUT2D eigenvalue weighted by Crippen LogP contribution is -2.40. The van der Waals surface area contributed by atoms with Gasteiger partial charge in [-0.15, -0.1) is 11.3 Å². The van der Waals surface area contributed by atoms with Crippen LogP contribution >= 0.6 is 22.9 Å². The predicted octanol–water partition coefficient (Wildman–Crippen LogP) is 4.40. The second kappa shape index (κ2) is 9.11. The maximum absolute atomic E-state index is 12.8. The lowest BCUT2D eigenvalue weighted by Gasteiger charge is -2.24. The molecular weight excluding hydrogens is 464 g/mol. The molecule has 0 bridgehead atoms. The van der Waals surface area contributed by atoms with E-state index in [1.807, 2.05) is 39.8 Å². The Labute approximate surface area is 200 Å². The zero-order valence-corrected chi connectivity index (χ0v) is 20.4. The summed E-state index contributed by atoms with van der Waals surface area (Å²) < 4.78 is 6.41. The third-order valence-corrected chi connectivity index (χ3v) is 6.09. The van der Waals surface area contributed by atoms with E-state index in [0.717, 1.165) is 27.3 Å². The molecule has 2 N–H and O–H groups in total. The molecule has 1 aromatic carbocycles. The number of aryl methyl sites for hydroxylation is 1. The molecule has 1 fully saturated rings. The van der Waals surface area contributed by atoms with Gasteiger partial charge in [0.15, 0.2) is 0 Å². The van der Waals surface area contributed by atoms with Gasteiger partial charge in [0.2, 0.25) is 5.28 Å². The number of thiazole rings is 1. The van der Waals surface area contributed by atoms with E-state index in [1.165, 1.54) is 12.3 Å². The molecule has 1 saturated heterocycles. The Kier molecular flexibility index (Phi) is 6.40. The van der Waals surface area contributed by atoms with E-state index in [4.69, 9.17) is 21.3 Å². The summed E-state index contributed by atoms with van der Waals surface area (Å²) >= 11 is 7.43. The molecule has 2 amide bonds. The van der Waals surface area contributed by atoms with E-state index in [1.54, 1.807) is 11.3 Å². The molecule has 0 saturated carbocycles. The molecule has 1 aliphatic heterocycles. The third-order valence-electron chi connectivity index (χ3n) is 4.97. The first-order valence-electron chi connectivity index (χ1n) is 10.5. The number of hydrogen-bond donors (Lipinski definition) is 2. The predicted molar refractivity (Wildman–Crippen MR) is 129 cm³/mol. The lowest BCUT2D eigenvalue weighted by atomic mass is 10.2. The average molecular weight is 489 g/mol.